The first kappa shape index (κ1) is 13.5. The Morgan fingerprint density at radius 3 is 2.30 bits per heavy atom. The molecule has 3 aromatic rings. The highest BCUT2D eigenvalue weighted by Crippen LogP contribution is 2.25. The van der Waals surface area contributed by atoms with Gasteiger partial charge in [0.1, 0.15) is 0 Å². The lowest BCUT2D eigenvalue weighted by Crippen LogP contribution is -2.02. The third-order valence-corrected chi connectivity index (χ3v) is 4.34. The predicted molar refractivity (Wildman–Crippen MR) is 89.2 cm³/mol. The Bertz CT molecular complexity index is 809. The summed E-state index contributed by atoms with van der Waals surface area (Å²) in [4.78, 5) is 12.6. The zero-order chi connectivity index (χ0) is 14.1. The first-order valence-electron chi connectivity index (χ1n) is 6.14. The van der Waals surface area contributed by atoms with E-state index in [2.05, 4.69) is 31.9 Å². The van der Waals surface area contributed by atoms with Crippen LogP contribution in [0.2, 0.25) is 0 Å². The summed E-state index contributed by atoms with van der Waals surface area (Å²) in [6, 6.07) is 19.4. The number of ketones is 1. The van der Waals surface area contributed by atoms with Crippen molar-refractivity contribution in [1.29, 1.82) is 0 Å². The van der Waals surface area contributed by atoms with Crippen molar-refractivity contribution in [3.8, 4) is 0 Å². The molecule has 3 rings (SSSR count). The van der Waals surface area contributed by atoms with Gasteiger partial charge in [-0.2, -0.15) is 0 Å². The van der Waals surface area contributed by atoms with Crippen molar-refractivity contribution >= 4 is 48.4 Å². The highest BCUT2D eigenvalue weighted by molar-refractivity contribution is 9.11. The van der Waals surface area contributed by atoms with E-state index in [4.69, 9.17) is 0 Å². The third kappa shape index (κ3) is 2.56. The van der Waals surface area contributed by atoms with E-state index in [-0.39, 0.29) is 5.78 Å². The number of rotatable bonds is 2. The molecule has 0 spiro atoms. The van der Waals surface area contributed by atoms with Gasteiger partial charge >= 0.3 is 0 Å². The zero-order valence-corrected chi connectivity index (χ0v) is 13.6. The highest BCUT2D eigenvalue weighted by atomic mass is 79.9. The number of carbonyl (C=O) groups excluding carboxylic acids is 1. The van der Waals surface area contributed by atoms with Crippen molar-refractivity contribution in [3.05, 3.63) is 80.7 Å². The second-order valence-electron chi connectivity index (χ2n) is 4.52. The molecule has 0 unspecified atom stereocenters. The predicted octanol–water partition coefficient (Wildman–Crippen LogP) is 5.60. The molecule has 20 heavy (non-hydrogen) atoms. The molecule has 1 nitrogen and oxygen atoms in total. The minimum atomic E-state index is 0.0233. The van der Waals surface area contributed by atoms with E-state index in [9.17, 15) is 4.79 Å². The number of fused-ring (bicyclic) bond motifs is 1. The number of carbonyl (C=O) groups is 1. The van der Waals surface area contributed by atoms with Gasteiger partial charge in [0.05, 0.1) is 0 Å². The Kier molecular flexibility index (Phi) is 3.72. The Hall–Kier alpha value is -1.45. The number of hydrogen-bond donors (Lipinski definition) is 0. The van der Waals surface area contributed by atoms with Gasteiger partial charge in [-0.3, -0.25) is 4.79 Å². The first-order valence-corrected chi connectivity index (χ1v) is 7.72. The monoisotopic (exact) mass is 388 g/mol. The zero-order valence-electron chi connectivity index (χ0n) is 10.4. The fourth-order valence-electron chi connectivity index (χ4n) is 2.16. The molecule has 0 bridgehead atoms. The summed E-state index contributed by atoms with van der Waals surface area (Å²) in [5, 5.41) is 2.21. The molecule has 0 radical (unpaired) electrons. The molecule has 0 N–H and O–H groups in total. The van der Waals surface area contributed by atoms with Gasteiger partial charge in [0, 0.05) is 20.1 Å². The van der Waals surface area contributed by atoms with Crippen molar-refractivity contribution in [3.63, 3.8) is 0 Å². The molecule has 0 atom stereocenters. The molecule has 0 aliphatic rings. The lowest BCUT2D eigenvalue weighted by molar-refractivity contribution is 0.103. The van der Waals surface area contributed by atoms with E-state index in [1.807, 2.05) is 60.7 Å². The quantitative estimate of drug-likeness (QED) is 0.521. The highest BCUT2D eigenvalue weighted by Gasteiger charge is 2.13. The van der Waals surface area contributed by atoms with Crippen LogP contribution in [0.4, 0.5) is 0 Å². The maximum Gasteiger partial charge on any atom is 0.194 e. The Morgan fingerprint density at radius 2 is 1.55 bits per heavy atom. The first-order chi connectivity index (χ1) is 9.65. The Morgan fingerprint density at radius 1 is 0.800 bits per heavy atom. The molecule has 0 aliphatic carbocycles. The van der Waals surface area contributed by atoms with E-state index >= 15 is 0 Å². The van der Waals surface area contributed by atoms with E-state index in [0.717, 1.165) is 19.7 Å². The maximum absolute atomic E-state index is 12.6. The van der Waals surface area contributed by atoms with E-state index < -0.39 is 0 Å². The molecule has 3 heteroatoms. The van der Waals surface area contributed by atoms with Crippen LogP contribution in [-0.2, 0) is 0 Å². The average molecular weight is 390 g/mol. The maximum atomic E-state index is 12.6. The minimum absolute atomic E-state index is 0.0233. The molecule has 98 valence electrons. The van der Waals surface area contributed by atoms with Crippen LogP contribution < -0.4 is 0 Å². The number of halogens is 2. The van der Waals surface area contributed by atoms with Crippen LogP contribution in [0.1, 0.15) is 15.9 Å². The molecular weight excluding hydrogens is 380 g/mol. The smallest absolute Gasteiger partial charge is 0.194 e. The topological polar surface area (TPSA) is 17.1 Å². The normalized spacial score (nSPS) is 10.7. The van der Waals surface area contributed by atoms with Crippen LogP contribution in [0.5, 0.6) is 0 Å². The van der Waals surface area contributed by atoms with Crippen molar-refractivity contribution < 1.29 is 4.79 Å². The average Bonchev–Trinajstić information content (AvgIpc) is 2.46. The van der Waals surface area contributed by atoms with Crippen LogP contribution in [0.15, 0.2) is 69.6 Å². The molecule has 0 heterocycles. The molecule has 0 saturated carbocycles. The van der Waals surface area contributed by atoms with Gasteiger partial charge in [0.25, 0.3) is 0 Å². The molecular formula is C17H10Br2O. The molecule has 0 aliphatic heterocycles. The lowest BCUT2D eigenvalue weighted by atomic mass is 10.00. The molecule has 0 fully saturated rings. The molecule has 3 aromatic carbocycles. The Labute approximate surface area is 133 Å². The second-order valence-corrected chi connectivity index (χ2v) is 6.29. The van der Waals surface area contributed by atoms with Crippen molar-refractivity contribution in [1.82, 2.24) is 0 Å². The van der Waals surface area contributed by atoms with Crippen molar-refractivity contribution in [2.45, 2.75) is 0 Å². The van der Waals surface area contributed by atoms with Crippen LogP contribution in [0, 0.1) is 0 Å². The van der Waals surface area contributed by atoms with Crippen molar-refractivity contribution in [2.75, 3.05) is 0 Å². The fourth-order valence-corrected chi connectivity index (χ4v) is 3.39. The van der Waals surface area contributed by atoms with Gasteiger partial charge in [0.15, 0.2) is 5.78 Å². The number of hydrogen-bond acceptors (Lipinski definition) is 1. The molecule has 0 aromatic heterocycles. The van der Waals surface area contributed by atoms with Crippen LogP contribution in [-0.4, -0.2) is 5.78 Å². The van der Waals surface area contributed by atoms with Gasteiger partial charge in [0.2, 0.25) is 0 Å². The standard InChI is InChI=1S/C17H10Br2O/c18-14-7-8-15(16(19)10-14)17(20)13-6-5-11-3-1-2-4-12(11)9-13/h1-10H. The fraction of sp³-hybridized carbons (Fsp3) is 0. The van der Waals surface area contributed by atoms with Crippen molar-refractivity contribution in [2.24, 2.45) is 0 Å². The third-order valence-electron chi connectivity index (χ3n) is 3.19. The summed E-state index contributed by atoms with van der Waals surface area (Å²) < 4.78 is 1.74. The van der Waals surface area contributed by atoms with Gasteiger partial charge in [-0.25, -0.2) is 0 Å². The summed E-state index contributed by atoms with van der Waals surface area (Å²) in [7, 11) is 0. The summed E-state index contributed by atoms with van der Waals surface area (Å²) in [5.74, 6) is 0.0233. The lowest BCUT2D eigenvalue weighted by Gasteiger charge is -2.06. The molecule has 0 amide bonds. The van der Waals surface area contributed by atoms with Crippen LogP contribution >= 0.6 is 31.9 Å². The van der Waals surface area contributed by atoms with Gasteiger partial charge in [-0.15, -0.1) is 0 Å². The van der Waals surface area contributed by atoms with Gasteiger partial charge in [-0.1, -0.05) is 52.3 Å². The summed E-state index contributed by atoms with van der Waals surface area (Å²) in [5.41, 5.74) is 1.37. The van der Waals surface area contributed by atoms with Crippen LogP contribution in [0.25, 0.3) is 10.8 Å². The van der Waals surface area contributed by atoms with E-state index in [1.54, 1.807) is 0 Å². The summed E-state index contributed by atoms with van der Waals surface area (Å²) in [6.45, 7) is 0. The SMILES string of the molecule is O=C(c1ccc2ccccc2c1)c1ccc(Br)cc1Br. The molecule has 0 saturated heterocycles. The summed E-state index contributed by atoms with van der Waals surface area (Å²) in [6.07, 6.45) is 0. The number of benzene rings is 3. The Balaban J connectivity index is 2.08. The second kappa shape index (κ2) is 5.51. The van der Waals surface area contributed by atoms with Gasteiger partial charge < -0.3 is 0 Å². The minimum Gasteiger partial charge on any atom is -0.289 e. The van der Waals surface area contributed by atoms with Crippen LogP contribution in [0.3, 0.4) is 0 Å². The largest absolute Gasteiger partial charge is 0.289 e. The van der Waals surface area contributed by atoms with E-state index in [1.165, 1.54) is 0 Å². The summed E-state index contributed by atoms with van der Waals surface area (Å²) >= 11 is 6.84. The van der Waals surface area contributed by atoms with Gasteiger partial charge in [-0.05, 0) is 51.0 Å². The van der Waals surface area contributed by atoms with E-state index in [0.29, 0.717) is 11.1 Å².